The molecule has 3 heteroatoms. The number of benzene rings is 1. The molecule has 0 spiro atoms. The standard InChI is InChI=1S/C21H28N2O/c1-15-11-22-18(16(2)19(15)24)12-23(5)14-21(13-20(21,3)4)17-9-7-6-8-10-17/h6-11H,12-14H2,1-5H3,(H,22,24). The highest BCUT2D eigenvalue weighted by Gasteiger charge is 2.61. The molecule has 0 aliphatic heterocycles. The molecule has 1 saturated carbocycles. The van der Waals surface area contributed by atoms with Gasteiger partial charge in [0.2, 0.25) is 0 Å². The van der Waals surface area contributed by atoms with E-state index in [0.29, 0.717) is 5.41 Å². The van der Waals surface area contributed by atoms with Crippen molar-refractivity contribution in [3.63, 3.8) is 0 Å². The topological polar surface area (TPSA) is 36.1 Å². The molecule has 0 amide bonds. The number of likely N-dealkylation sites (N-methyl/N-ethyl adjacent to an activating group) is 1. The van der Waals surface area contributed by atoms with Crippen molar-refractivity contribution in [2.45, 2.75) is 46.1 Å². The van der Waals surface area contributed by atoms with Crippen molar-refractivity contribution in [2.75, 3.05) is 13.6 Å². The summed E-state index contributed by atoms with van der Waals surface area (Å²) < 4.78 is 0. The second kappa shape index (κ2) is 5.89. The Kier molecular flexibility index (Phi) is 4.16. The fourth-order valence-electron chi connectivity index (χ4n) is 4.07. The van der Waals surface area contributed by atoms with E-state index in [9.17, 15) is 4.79 Å². The number of aromatic amines is 1. The van der Waals surface area contributed by atoms with E-state index in [-0.39, 0.29) is 10.8 Å². The van der Waals surface area contributed by atoms with Gasteiger partial charge < -0.3 is 4.98 Å². The molecule has 1 aliphatic rings. The fourth-order valence-corrected chi connectivity index (χ4v) is 4.07. The van der Waals surface area contributed by atoms with Gasteiger partial charge in [0.25, 0.3) is 0 Å². The Balaban J connectivity index is 1.81. The van der Waals surface area contributed by atoms with Crippen LogP contribution >= 0.6 is 0 Å². The zero-order chi connectivity index (χ0) is 17.5. The first-order valence-corrected chi connectivity index (χ1v) is 8.69. The lowest BCUT2D eigenvalue weighted by Crippen LogP contribution is -2.33. The largest absolute Gasteiger partial charge is 0.363 e. The highest BCUT2D eigenvalue weighted by Crippen LogP contribution is 2.64. The summed E-state index contributed by atoms with van der Waals surface area (Å²) in [5.74, 6) is 0. The van der Waals surface area contributed by atoms with E-state index in [1.165, 1.54) is 12.0 Å². The van der Waals surface area contributed by atoms with E-state index >= 15 is 0 Å². The van der Waals surface area contributed by atoms with E-state index in [1.807, 2.05) is 20.0 Å². The molecule has 2 aromatic rings. The van der Waals surface area contributed by atoms with Gasteiger partial charge in [-0.15, -0.1) is 0 Å². The minimum atomic E-state index is 0.154. The average molecular weight is 324 g/mol. The van der Waals surface area contributed by atoms with Crippen LogP contribution in [0.5, 0.6) is 0 Å². The van der Waals surface area contributed by atoms with Gasteiger partial charge in [-0.25, -0.2) is 0 Å². The molecule has 1 unspecified atom stereocenters. The van der Waals surface area contributed by atoms with Crippen molar-refractivity contribution in [2.24, 2.45) is 5.41 Å². The highest BCUT2D eigenvalue weighted by atomic mass is 16.1. The summed E-state index contributed by atoms with van der Waals surface area (Å²) >= 11 is 0. The van der Waals surface area contributed by atoms with Crippen LogP contribution in [0, 0.1) is 19.3 Å². The Morgan fingerprint density at radius 2 is 1.79 bits per heavy atom. The number of hydrogen-bond acceptors (Lipinski definition) is 2. The number of hydrogen-bond donors (Lipinski definition) is 1. The normalized spacial score (nSPS) is 21.9. The molecule has 24 heavy (non-hydrogen) atoms. The van der Waals surface area contributed by atoms with Crippen LogP contribution in [0.4, 0.5) is 0 Å². The molecule has 1 atom stereocenters. The minimum Gasteiger partial charge on any atom is -0.363 e. The molecule has 3 nitrogen and oxygen atoms in total. The molecule has 0 radical (unpaired) electrons. The van der Waals surface area contributed by atoms with Gasteiger partial charge in [0.15, 0.2) is 5.43 Å². The van der Waals surface area contributed by atoms with E-state index in [2.05, 4.69) is 61.1 Å². The molecular formula is C21H28N2O. The smallest absolute Gasteiger partial charge is 0.187 e. The van der Waals surface area contributed by atoms with Crippen LogP contribution in [-0.4, -0.2) is 23.5 Å². The molecule has 1 N–H and O–H groups in total. The number of aromatic nitrogens is 1. The first-order chi connectivity index (χ1) is 11.3. The summed E-state index contributed by atoms with van der Waals surface area (Å²) in [7, 11) is 2.15. The lowest BCUT2D eigenvalue weighted by Gasteiger charge is -2.28. The minimum absolute atomic E-state index is 0.154. The van der Waals surface area contributed by atoms with Crippen LogP contribution in [0.25, 0.3) is 0 Å². The summed E-state index contributed by atoms with van der Waals surface area (Å²) in [6.07, 6.45) is 3.03. The van der Waals surface area contributed by atoms with Crippen LogP contribution in [0.1, 0.15) is 42.7 Å². The molecule has 1 aromatic carbocycles. The van der Waals surface area contributed by atoms with Crippen LogP contribution in [0.15, 0.2) is 41.3 Å². The van der Waals surface area contributed by atoms with Crippen LogP contribution in [-0.2, 0) is 12.0 Å². The predicted molar refractivity (Wildman–Crippen MR) is 99.4 cm³/mol. The number of aryl methyl sites for hydroxylation is 1. The molecule has 3 rings (SSSR count). The fraction of sp³-hybridized carbons (Fsp3) is 0.476. The molecule has 1 aliphatic carbocycles. The maximum Gasteiger partial charge on any atom is 0.187 e. The second-order valence-electron chi connectivity index (χ2n) is 8.09. The molecule has 1 heterocycles. The predicted octanol–water partition coefficient (Wildman–Crippen LogP) is 3.79. The number of H-pyrrole nitrogens is 1. The van der Waals surface area contributed by atoms with Crippen LogP contribution in [0.3, 0.4) is 0 Å². The highest BCUT2D eigenvalue weighted by molar-refractivity contribution is 5.37. The maximum atomic E-state index is 12.2. The third-order valence-corrected chi connectivity index (χ3v) is 5.82. The van der Waals surface area contributed by atoms with E-state index in [0.717, 1.165) is 29.9 Å². The summed E-state index contributed by atoms with van der Waals surface area (Å²) in [4.78, 5) is 17.8. The van der Waals surface area contributed by atoms with Crippen molar-refractivity contribution < 1.29 is 0 Å². The SMILES string of the molecule is Cc1c[nH]c(CN(C)CC2(c3ccccc3)CC2(C)C)c(C)c1=O. The maximum absolute atomic E-state index is 12.2. The van der Waals surface area contributed by atoms with Gasteiger partial charge in [0, 0.05) is 41.5 Å². The molecule has 1 fully saturated rings. The Bertz CT molecular complexity index is 791. The Labute approximate surface area is 144 Å². The van der Waals surface area contributed by atoms with E-state index < -0.39 is 0 Å². The number of pyridine rings is 1. The third kappa shape index (κ3) is 2.82. The monoisotopic (exact) mass is 324 g/mol. The third-order valence-electron chi connectivity index (χ3n) is 5.82. The van der Waals surface area contributed by atoms with E-state index in [1.54, 1.807) is 0 Å². The zero-order valence-electron chi connectivity index (χ0n) is 15.4. The van der Waals surface area contributed by atoms with Gasteiger partial charge in [-0.1, -0.05) is 44.2 Å². The Morgan fingerprint density at radius 3 is 2.38 bits per heavy atom. The summed E-state index contributed by atoms with van der Waals surface area (Å²) in [5, 5.41) is 0. The average Bonchev–Trinajstić information content (AvgIpc) is 3.10. The Morgan fingerprint density at radius 1 is 1.17 bits per heavy atom. The van der Waals surface area contributed by atoms with Gasteiger partial charge in [0.05, 0.1) is 0 Å². The molecule has 0 saturated heterocycles. The summed E-state index contributed by atoms with van der Waals surface area (Å²) in [6, 6.07) is 10.8. The first-order valence-electron chi connectivity index (χ1n) is 8.69. The van der Waals surface area contributed by atoms with Crippen LogP contribution in [0.2, 0.25) is 0 Å². The molecular weight excluding hydrogens is 296 g/mol. The van der Waals surface area contributed by atoms with Crippen molar-refractivity contribution in [1.82, 2.24) is 9.88 Å². The van der Waals surface area contributed by atoms with E-state index in [4.69, 9.17) is 0 Å². The van der Waals surface area contributed by atoms with Crippen molar-refractivity contribution in [3.8, 4) is 0 Å². The van der Waals surface area contributed by atoms with Gasteiger partial charge in [-0.05, 0) is 38.3 Å². The number of nitrogens with zero attached hydrogens (tertiary/aromatic N) is 1. The number of rotatable bonds is 5. The summed E-state index contributed by atoms with van der Waals surface area (Å²) in [6.45, 7) is 10.3. The first kappa shape index (κ1) is 17.0. The summed E-state index contributed by atoms with van der Waals surface area (Å²) in [5.41, 5.74) is 4.75. The van der Waals surface area contributed by atoms with Gasteiger partial charge in [0.1, 0.15) is 0 Å². The molecule has 128 valence electrons. The second-order valence-corrected chi connectivity index (χ2v) is 8.09. The van der Waals surface area contributed by atoms with Crippen molar-refractivity contribution >= 4 is 0 Å². The lowest BCUT2D eigenvalue weighted by molar-refractivity contribution is 0.268. The van der Waals surface area contributed by atoms with Gasteiger partial charge in [-0.2, -0.15) is 0 Å². The van der Waals surface area contributed by atoms with Crippen molar-refractivity contribution in [3.05, 3.63) is 69.1 Å². The van der Waals surface area contributed by atoms with Gasteiger partial charge >= 0.3 is 0 Å². The van der Waals surface area contributed by atoms with Gasteiger partial charge in [-0.3, -0.25) is 9.69 Å². The van der Waals surface area contributed by atoms with Crippen LogP contribution < -0.4 is 5.43 Å². The molecule has 0 bridgehead atoms. The number of nitrogens with one attached hydrogen (secondary N) is 1. The Hall–Kier alpha value is -1.87. The quantitative estimate of drug-likeness (QED) is 0.908. The lowest BCUT2D eigenvalue weighted by atomic mass is 9.87. The zero-order valence-corrected chi connectivity index (χ0v) is 15.4. The van der Waals surface area contributed by atoms with Crippen molar-refractivity contribution in [1.29, 1.82) is 0 Å². The molecule has 1 aromatic heterocycles.